The fourth-order valence-corrected chi connectivity index (χ4v) is 6.12. The number of methoxy groups -OCH3 is 1. The lowest BCUT2D eigenvalue weighted by atomic mass is 9.95. The van der Waals surface area contributed by atoms with Crippen LogP contribution in [-0.2, 0) is 9.53 Å². The molecule has 1 saturated heterocycles. The van der Waals surface area contributed by atoms with Crippen LogP contribution in [0.4, 0.5) is 4.39 Å². The second-order valence-electron chi connectivity index (χ2n) is 11.7. The Morgan fingerprint density at radius 1 is 1.31 bits per heavy atom. The van der Waals surface area contributed by atoms with E-state index in [2.05, 4.69) is 37.1 Å². The minimum absolute atomic E-state index is 0.121. The number of carboxylic acid groups (broad SMARTS) is 1. The molecule has 3 atom stereocenters. The van der Waals surface area contributed by atoms with E-state index in [1.807, 2.05) is 17.0 Å². The number of halogens is 1. The first-order valence-corrected chi connectivity index (χ1v) is 14.7. The summed E-state index contributed by atoms with van der Waals surface area (Å²) in [7, 11) is 1.73. The molecule has 2 fully saturated rings. The molecule has 0 amide bonds. The van der Waals surface area contributed by atoms with Crippen LogP contribution in [0.15, 0.2) is 52.6 Å². The summed E-state index contributed by atoms with van der Waals surface area (Å²) in [6, 6.07) is 2.97. The van der Waals surface area contributed by atoms with Gasteiger partial charge in [0.2, 0.25) is 0 Å². The van der Waals surface area contributed by atoms with Crippen LogP contribution in [0.25, 0.3) is 0 Å². The summed E-state index contributed by atoms with van der Waals surface area (Å²) in [5, 5.41) is 13.5. The molecule has 214 valence electrons. The van der Waals surface area contributed by atoms with E-state index in [0.29, 0.717) is 31.8 Å². The first kappa shape index (κ1) is 29.3. The van der Waals surface area contributed by atoms with Crippen LogP contribution >= 0.6 is 0 Å². The van der Waals surface area contributed by atoms with Crippen LogP contribution < -0.4 is 5.32 Å². The van der Waals surface area contributed by atoms with Gasteiger partial charge in [0.25, 0.3) is 0 Å². The lowest BCUT2D eigenvalue weighted by molar-refractivity contribution is -0.143. The summed E-state index contributed by atoms with van der Waals surface area (Å²) in [4.78, 5) is 18.8. The van der Waals surface area contributed by atoms with Gasteiger partial charge in [-0.25, -0.2) is 4.39 Å². The number of alkyl halides is 1. The lowest BCUT2D eigenvalue weighted by Crippen LogP contribution is -2.34. The van der Waals surface area contributed by atoms with E-state index in [-0.39, 0.29) is 5.92 Å². The van der Waals surface area contributed by atoms with E-state index < -0.39 is 18.2 Å². The fourth-order valence-electron chi connectivity index (χ4n) is 6.12. The number of carboxylic acids is 1. The van der Waals surface area contributed by atoms with Gasteiger partial charge in [-0.15, -0.1) is 0 Å². The third kappa shape index (κ3) is 7.50. The van der Waals surface area contributed by atoms with Gasteiger partial charge in [-0.05, 0) is 96.4 Å². The number of rotatable bonds is 13. The van der Waals surface area contributed by atoms with Gasteiger partial charge >= 0.3 is 5.97 Å². The third-order valence-corrected chi connectivity index (χ3v) is 8.58. The van der Waals surface area contributed by atoms with Crippen molar-refractivity contribution in [3.63, 3.8) is 0 Å². The summed E-state index contributed by atoms with van der Waals surface area (Å²) < 4.78 is 21.1. The van der Waals surface area contributed by atoms with Crippen LogP contribution in [0.1, 0.15) is 102 Å². The Balaban J connectivity index is 1.30. The topological polar surface area (TPSA) is 74.7 Å². The molecule has 1 aromatic heterocycles. The predicted molar refractivity (Wildman–Crippen MR) is 153 cm³/mol. The fraction of sp³-hybridized carbons (Fsp3) is 0.625. The van der Waals surface area contributed by atoms with Crippen LogP contribution in [0.2, 0.25) is 0 Å². The zero-order valence-corrected chi connectivity index (χ0v) is 24.1. The molecule has 2 aliphatic heterocycles. The molecule has 2 N–H and O–H groups in total. The van der Waals surface area contributed by atoms with Gasteiger partial charge in [-0.2, -0.15) is 0 Å². The largest absolute Gasteiger partial charge is 0.496 e. The molecule has 0 aromatic carbocycles. The predicted octanol–water partition coefficient (Wildman–Crippen LogP) is 6.83. The Kier molecular flexibility index (Phi) is 10.2. The number of likely N-dealkylation sites (tertiary alicyclic amines) is 1. The monoisotopic (exact) mass is 539 g/mol. The van der Waals surface area contributed by atoms with E-state index in [9.17, 15) is 9.90 Å². The minimum atomic E-state index is -0.914. The average molecular weight is 540 g/mol. The Hall–Kier alpha value is -2.67. The standard InChI is InChI=1S/C32H46FN3O3/c1-21(2)24(19-29(39-4)26-10-7-16-34-22(26)3)9-5-6-12-28(33)25-15-18-36(20-25)31(32(37)38)27-11-8-17-35-30(27)23-13-14-23/h8,11,17,19,23,25,28,31,34H,5-7,9-10,12-16,18,20H2,1-4H3,(H,37,38)/b29-19+. The minimum Gasteiger partial charge on any atom is -0.496 e. The van der Waals surface area contributed by atoms with Crippen molar-refractivity contribution in [1.29, 1.82) is 0 Å². The number of hydrogen-bond donors (Lipinski definition) is 2. The van der Waals surface area contributed by atoms with Crippen molar-refractivity contribution in [1.82, 2.24) is 15.2 Å². The van der Waals surface area contributed by atoms with Crippen LogP contribution in [0.3, 0.4) is 0 Å². The van der Waals surface area contributed by atoms with E-state index in [1.165, 1.54) is 22.4 Å². The molecule has 1 aliphatic carbocycles. The highest BCUT2D eigenvalue weighted by Gasteiger charge is 2.39. The van der Waals surface area contributed by atoms with E-state index >= 15 is 4.39 Å². The molecule has 39 heavy (non-hydrogen) atoms. The normalized spacial score (nSPS) is 21.9. The van der Waals surface area contributed by atoms with Crippen molar-refractivity contribution in [2.75, 3.05) is 26.7 Å². The quantitative estimate of drug-likeness (QED) is 0.163. The maximum Gasteiger partial charge on any atom is 0.325 e. The number of pyridine rings is 1. The summed E-state index contributed by atoms with van der Waals surface area (Å²) in [6.45, 7) is 8.46. The number of nitrogens with zero attached hydrogens (tertiary/aromatic N) is 2. The van der Waals surface area contributed by atoms with Gasteiger partial charge < -0.3 is 15.2 Å². The molecule has 7 heteroatoms. The number of carbonyl (C=O) groups is 1. The van der Waals surface area contributed by atoms with Crippen molar-refractivity contribution in [2.45, 2.75) is 96.7 Å². The number of hydrogen-bond acceptors (Lipinski definition) is 5. The Labute approximate surface area is 233 Å². The van der Waals surface area contributed by atoms with Crippen LogP contribution in [0.5, 0.6) is 0 Å². The number of unbranched alkanes of at least 4 members (excludes halogenated alkanes) is 1. The zero-order valence-electron chi connectivity index (χ0n) is 24.1. The van der Waals surface area contributed by atoms with Crippen LogP contribution in [0, 0.1) is 5.92 Å². The summed E-state index contributed by atoms with van der Waals surface area (Å²) in [5.41, 5.74) is 6.65. The lowest BCUT2D eigenvalue weighted by Gasteiger charge is -2.26. The third-order valence-electron chi connectivity index (χ3n) is 8.58. The average Bonchev–Trinajstić information content (AvgIpc) is 3.66. The van der Waals surface area contributed by atoms with Crippen molar-refractivity contribution >= 4 is 5.97 Å². The van der Waals surface area contributed by atoms with Gasteiger partial charge in [0, 0.05) is 53.6 Å². The highest BCUT2D eigenvalue weighted by atomic mass is 19.1. The molecule has 3 aliphatic rings. The van der Waals surface area contributed by atoms with Crippen molar-refractivity contribution in [2.24, 2.45) is 5.92 Å². The summed E-state index contributed by atoms with van der Waals surface area (Å²) >= 11 is 0. The SMILES string of the molecule is CO/C(=C/C(CCCCC(F)C1CCN(C(C(=O)O)c2cccnc2C2CC2)C1)=C(C)C)C1=C(C)NCCC1. The van der Waals surface area contributed by atoms with Crippen molar-refractivity contribution in [3.05, 3.63) is 63.8 Å². The zero-order chi connectivity index (χ0) is 27.9. The molecule has 3 unspecified atom stereocenters. The number of aliphatic carboxylic acids is 1. The molecule has 3 heterocycles. The number of ether oxygens (including phenoxy) is 1. The van der Waals surface area contributed by atoms with Crippen LogP contribution in [-0.4, -0.2) is 53.9 Å². The summed E-state index contributed by atoms with van der Waals surface area (Å²) in [6.07, 6.45) is 11.1. The number of allylic oxidation sites excluding steroid dienone is 5. The van der Waals surface area contributed by atoms with Crippen molar-refractivity contribution < 1.29 is 19.0 Å². The van der Waals surface area contributed by atoms with E-state index in [1.54, 1.807) is 13.3 Å². The second kappa shape index (κ2) is 13.6. The Morgan fingerprint density at radius 3 is 2.77 bits per heavy atom. The Bertz CT molecular complexity index is 1100. The van der Waals surface area contributed by atoms with Gasteiger partial charge in [0.05, 0.1) is 7.11 Å². The van der Waals surface area contributed by atoms with Gasteiger partial charge in [0.15, 0.2) is 0 Å². The van der Waals surface area contributed by atoms with Gasteiger partial charge in [-0.1, -0.05) is 18.1 Å². The van der Waals surface area contributed by atoms with E-state index in [0.717, 1.165) is 68.5 Å². The molecule has 0 spiro atoms. The molecular formula is C32H46FN3O3. The highest BCUT2D eigenvalue weighted by molar-refractivity contribution is 5.76. The van der Waals surface area contributed by atoms with E-state index in [4.69, 9.17) is 4.74 Å². The number of nitrogens with one attached hydrogen (secondary N) is 1. The first-order valence-electron chi connectivity index (χ1n) is 14.7. The van der Waals surface area contributed by atoms with Gasteiger partial charge in [0.1, 0.15) is 18.0 Å². The summed E-state index contributed by atoms with van der Waals surface area (Å²) in [5.74, 6) is 0.311. The molecule has 0 bridgehead atoms. The second-order valence-corrected chi connectivity index (χ2v) is 11.7. The first-order chi connectivity index (χ1) is 18.8. The molecule has 1 saturated carbocycles. The molecule has 0 radical (unpaired) electrons. The molecule has 4 rings (SSSR count). The number of aromatic nitrogens is 1. The van der Waals surface area contributed by atoms with Crippen molar-refractivity contribution in [3.8, 4) is 0 Å². The van der Waals surface area contributed by atoms with Gasteiger partial charge in [-0.3, -0.25) is 14.7 Å². The maximum atomic E-state index is 15.4. The molecule has 6 nitrogen and oxygen atoms in total. The highest BCUT2D eigenvalue weighted by Crippen LogP contribution is 2.43. The molecule has 1 aromatic rings. The Morgan fingerprint density at radius 2 is 2.10 bits per heavy atom. The smallest absolute Gasteiger partial charge is 0.325 e. The molecular weight excluding hydrogens is 493 g/mol. The maximum absolute atomic E-state index is 15.4.